The maximum atomic E-state index is 4.35. The van der Waals surface area contributed by atoms with Crippen molar-refractivity contribution in [3.63, 3.8) is 0 Å². The molecular weight excluding hydrogens is 268 g/mol. The second kappa shape index (κ2) is 6.72. The molecule has 3 rings (SSSR count). The molecule has 2 nitrogen and oxygen atoms in total. The zero-order valence-electron chi connectivity index (χ0n) is 12.5. The lowest BCUT2D eigenvalue weighted by atomic mass is 9.99. The summed E-state index contributed by atoms with van der Waals surface area (Å²) in [5.41, 5.74) is 8.78. The van der Waals surface area contributed by atoms with Gasteiger partial charge in [-0.15, -0.1) is 0 Å². The molecule has 0 aromatic heterocycles. The Hall–Kier alpha value is -2.87. The highest BCUT2D eigenvalue weighted by Crippen LogP contribution is 2.23. The topological polar surface area (TPSA) is 24.4 Å². The first-order valence-electron chi connectivity index (χ1n) is 7.33. The zero-order valence-corrected chi connectivity index (χ0v) is 12.5. The summed E-state index contributed by atoms with van der Waals surface area (Å²) < 4.78 is 0. The normalized spacial score (nSPS) is 10.8. The van der Waals surface area contributed by atoms with E-state index in [1.807, 2.05) is 42.6 Å². The molecule has 0 aliphatic rings. The third-order valence-electron chi connectivity index (χ3n) is 3.46. The van der Waals surface area contributed by atoms with E-state index >= 15 is 0 Å². The van der Waals surface area contributed by atoms with Gasteiger partial charge in [0.25, 0.3) is 0 Å². The highest BCUT2D eigenvalue weighted by molar-refractivity contribution is 5.90. The van der Waals surface area contributed by atoms with Gasteiger partial charge in [0.1, 0.15) is 0 Å². The van der Waals surface area contributed by atoms with Gasteiger partial charge in [-0.1, -0.05) is 72.3 Å². The van der Waals surface area contributed by atoms with Gasteiger partial charge in [0.2, 0.25) is 0 Å². The standard InChI is InChI=1S/C20H18N2/c1-16-8-7-10-17(14-16)20-13-6-5-9-18(20)15-21-22-19-11-3-2-4-12-19/h2-15,22H,1H3. The van der Waals surface area contributed by atoms with Crippen LogP contribution >= 0.6 is 0 Å². The van der Waals surface area contributed by atoms with Crippen molar-refractivity contribution >= 4 is 11.9 Å². The summed E-state index contributed by atoms with van der Waals surface area (Å²) in [7, 11) is 0. The molecule has 0 fully saturated rings. The van der Waals surface area contributed by atoms with Crippen molar-refractivity contribution < 1.29 is 0 Å². The van der Waals surface area contributed by atoms with E-state index in [-0.39, 0.29) is 0 Å². The van der Waals surface area contributed by atoms with Gasteiger partial charge in [-0.05, 0) is 30.2 Å². The molecule has 0 heterocycles. The molecule has 0 aliphatic heterocycles. The van der Waals surface area contributed by atoms with Crippen molar-refractivity contribution in [3.05, 3.63) is 90.0 Å². The van der Waals surface area contributed by atoms with Crippen LogP contribution in [0.1, 0.15) is 11.1 Å². The Balaban J connectivity index is 1.85. The molecule has 0 saturated heterocycles. The lowest BCUT2D eigenvalue weighted by molar-refractivity contribution is 1.35. The highest BCUT2D eigenvalue weighted by Gasteiger charge is 2.02. The van der Waals surface area contributed by atoms with Crippen LogP contribution in [0, 0.1) is 6.92 Å². The number of rotatable bonds is 4. The van der Waals surface area contributed by atoms with Crippen molar-refractivity contribution in [2.45, 2.75) is 6.92 Å². The molecule has 0 spiro atoms. The number of nitrogens with zero attached hydrogens (tertiary/aromatic N) is 1. The van der Waals surface area contributed by atoms with Crippen molar-refractivity contribution in [2.75, 3.05) is 5.43 Å². The Labute approximate surface area is 131 Å². The van der Waals surface area contributed by atoms with Crippen LogP contribution in [-0.4, -0.2) is 6.21 Å². The van der Waals surface area contributed by atoms with Crippen molar-refractivity contribution in [2.24, 2.45) is 5.10 Å². The van der Waals surface area contributed by atoms with Gasteiger partial charge in [-0.25, -0.2) is 0 Å². The fraction of sp³-hybridized carbons (Fsp3) is 0.0500. The first-order valence-corrected chi connectivity index (χ1v) is 7.33. The second-order valence-corrected chi connectivity index (χ2v) is 5.19. The molecule has 0 amide bonds. The zero-order chi connectivity index (χ0) is 15.2. The number of hydrogen-bond donors (Lipinski definition) is 1. The third-order valence-corrected chi connectivity index (χ3v) is 3.46. The Morgan fingerprint density at radius 2 is 1.59 bits per heavy atom. The Bertz CT molecular complexity index is 776. The molecule has 0 saturated carbocycles. The van der Waals surface area contributed by atoms with E-state index in [4.69, 9.17) is 0 Å². The number of anilines is 1. The van der Waals surface area contributed by atoms with E-state index < -0.39 is 0 Å². The Kier molecular flexibility index (Phi) is 4.30. The summed E-state index contributed by atoms with van der Waals surface area (Å²) in [4.78, 5) is 0. The average molecular weight is 286 g/mol. The van der Waals surface area contributed by atoms with Crippen molar-refractivity contribution in [1.29, 1.82) is 0 Å². The number of hydrazone groups is 1. The predicted molar refractivity (Wildman–Crippen MR) is 94.3 cm³/mol. The molecule has 3 aromatic carbocycles. The van der Waals surface area contributed by atoms with Crippen LogP contribution in [-0.2, 0) is 0 Å². The van der Waals surface area contributed by atoms with Gasteiger partial charge < -0.3 is 0 Å². The van der Waals surface area contributed by atoms with Crippen molar-refractivity contribution in [1.82, 2.24) is 0 Å². The van der Waals surface area contributed by atoms with Gasteiger partial charge >= 0.3 is 0 Å². The van der Waals surface area contributed by atoms with Gasteiger partial charge in [0, 0.05) is 5.56 Å². The third kappa shape index (κ3) is 3.41. The molecule has 22 heavy (non-hydrogen) atoms. The lowest BCUT2D eigenvalue weighted by Crippen LogP contribution is -1.92. The maximum absolute atomic E-state index is 4.35. The largest absolute Gasteiger partial charge is 0.279 e. The van der Waals surface area contributed by atoms with Gasteiger partial charge in [0.05, 0.1) is 11.9 Å². The number of para-hydroxylation sites is 1. The molecule has 0 aliphatic carbocycles. The minimum Gasteiger partial charge on any atom is -0.279 e. The molecule has 0 unspecified atom stereocenters. The van der Waals surface area contributed by atoms with Gasteiger partial charge in [-0.2, -0.15) is 5.10 Å². The number of nitrogens with one attached hydrogen (secondary N) is 1. The van der Waals surface area contributed by atoms with E-state index in [2.05, 4.69) is 59.9 Å². The second-order valence-electron chi connectivity index (χ2n) is 5.19. The van der Waals surface area contributed by atoms with E-state index in [9.17, 15) is 0 Å². The Morgan fingerprint density at radius 3 is 2.41 bits per heavy atom. The summed E-state index contributed by atoms with van der Waals surface area (Å²) >= 11 is 0. The van der Waals surface area contributed by atoms with Crippen LogP contribution in [0.5, 0.6) is 0 Å². The fourth-order valence-corrected chi connectivity index (χ4v) is 2.37. The minimum absolute atomic E-state index is 0.979. The summed E-state index contributed by atoms with van der Waals surface area (Å²) in [5, 5.41) is 4.35. The highest BCUT2D eigenvalue weighted by atomic mass is 15.3. The Morgan fingerprint density at radius 1 is 0.818 bits per heavy atom. The average Bonchev–Trinajstić information content (AvgIpc) is 2.56. The predicted octanol–water partition coefficient (Wildman–Crippen LogP) is 5.11. The number of aryl methyl sites for hydroxylation is 1. The SMILES string of the molecule is Cc1cccc(-c2ccccc2C=NNc2ccccc2)c1. The van der Waals surface area contributed by atoms with Crippen LogP contribution in [0.4, 0.5) is 5.69 Å². The molecule has 1 N–H and O–H groups in total. The first-order chi connectivity index (χ1) is 10.8. The van der Waals surface area contributed by atoms with Gasteiger partial charge in [0.15, 0.2) is 0 Å². The lowest BCUT2D eigenvalue weighted by Gasteiger charge is -2.07. The first kappa shape index (κ1) is 14.1. The minimum atomic E-state index is 0.979. The summed E-state index contributed by atoms with van der Waals surface area (Å²) in [6.45, 7) is 2.11. The van der Waals surface area contributed by atoms with Crippen LogP contribution in [0.2, 0.25) is 0 Å². The van der Waals surface area contributed by atoms with Crippen LogP contribution < -0.4 is 5.43 Å². The molecule has 2 heteroatoms. The molecular formula is C20H18N2. The molecule has 0 radical (unpaired) electrons. The van der Waals surface area contributed by atoms with E-state index in [1.165, 1.54) is 16.7 Å². The van der Waals surface area contributed by atoms with Gasteiger partial charge in [-0.3, -0.25) is 5.43 Å². The van der Waals surface area contributed by atoms with E-state index in [0.29, 0.717) is 0 Å². The maximum Gasteiger partial charge on any atom is 0.0561 e. The van der Waals surface area contributed by atoms with Crippen LogP contribution in [0.15, 0.2) is 84.0 Å². The van der Waals surface area contributed by atoms with E-state index in [1.54, 1.807) is 0 Å². The number of hydrogen-bond acceptors (Lipinski definition) is 2. The smallest absolute Gasteiger partial charge is 0.0561 e. The molecule has 108 valence electrons. The van der Waals surface area contributed by atoms with Crippen LogP contribution in [0.25, 0.3) is 11.1 Å². The quantitative estimate of drug-likeness (QED) is 0.523. The molecule has 3 aromatic rings. The van der Waals surface area contributed by atoms with Crippen LogP contribution in [0.3, 0.4) is 0 Å². The molecule has 0 atom stereocenters. The monoisotopic (exact) mass is 286 g/mol. The fourth-order valence-electron chi connectivity index (χ4n) is 2.37. The summed E-state index contributed by atoms with van der Waals surface area (Å²) in [6.07, 6.45) is 1.87. The summed E-state index contributed by atoms with van der Waals surface area (Å²) in [6, 6.07) is 26.7. The van der Waals surface area contributed by atoms with E-state index in [0.717, 1.165) is 11.3 Å². The molecule has 0 bridgehead atoms. The number of benzene rings is 3. The van der Waals surface area contributed by atoms with Crippen molar-refractivity contribution in [3.8, 4) is 11.1 Å². The summed E-state index contributed by atoms with van der Waals surface area (Å²) in [5.74, 6) is 0.